The molecular weight excluding hydrogens is 98.7 g/mol. The van der Waals surface area contributed by atoms with Gasteiger partial charge in [0.05, 0.1) is 0 Å². The molecule has 0 rings (SSSR count). The smallest absolute Gasteiger partial charge is 0 e. The van der Waals surface area contributed by atoms with Crippen LogP contribution in [0.25, 0.3) is 5.73 Å². The van der Waals surface area contributed by atoms with Crippen molar-refractivity contribution in [2.75, 3.05) is 0 Å². The largest absolute Gasteiger partial charge is 0.494 e. The Morgan fingerprint density at radius 3 is 1.75 bits per heavy atom. The van der Waals surface area contributed by atoms with Crippen LogP contribution in [-0.4, -0.2) is 0 Å². The molecular formula is CHN2Ni-. The van der Waals surface area contributed by atoms with Gasteiger partial charge in [0.2, 0.25) is 0 Å². The number of rotatable bonds is 0. The van der Waals surface area contributed by atoms with Crippen LogP contribution in [0.15, 0.2) is 0 Å². The summed E-state index contributed by atoms with van der Waals surface area (Å²) in [6, 6.07) is 0. The summed E-state index contributed by atoms with van der Waals surface area (Å²) >= 11 is 0. The van der Waals surface area contributed by atoms with Gasteiger partial charge in [-0.3, -0.25) is 0 Å². The van der Waals surface area contributed by atoms with Gasteiger partial charge in [0.15, 0.2) is 0 Å². The molecule has 0 spiro atoms. The summed E-state index contributed by atoms with van der Waals surface area (Å²) in [5, 5.41) is 6.99. The molecule has 0 bridgehead atoms. The van der Waals surface area contributed by atoms with Gasteiger partial charge in [0.1, 0.15) is 0 Å². The summed E-state index contributed by atoms with van der Waals surface area (Å²) in [4.78, 5) is 0. The van der Waals surface area contributed by atoms with Gasteiger partial charge in [-0.2, -0.15) is 0 Å². The first-order valence-corrected chi connectivity index (χ1v) is 0.474. The summed E-state index contributed by atoms with van der Waals surface area (Å²) in [6.07, 6.45) is 1.00. The fourth-order valence-electron chi connectivity index (χ4n) is 0. The van der Waals surface area contributed by atoms with Gasteiger partial charge in [-0.05, 0) is 0 Å². The Balaban J connectivity index is 0. The predicted octanol–water partition coefficient (Wildman–Crippen LogP) is 0.517. The van der Waals surface area contributed by atoms with Gasteiger partial charge in [-0.15, -0.1) is 0 Å². The molecule has 0 fully saturated rings. The molecule has 0 atom stereocenters. The molecule has 0 aromatic rings. The Labute approximate surface area is 34.5 Å². The van der Waals surface area contributed by atoms with Crippen molar-refractivity contribution < 1.29 is 16.5 Å². The second-order valence-corrected chi connectivity index (χ2v) is 0.112. The third-order valence-corrected chi connectivity index (χ3v) is 0. The van der Waals surface area contributed by atoms with Gasteiger partial charge in [0, 0.05) is 16.5 Å². The number of hydrogen-bond acceptors (Lipinski definition) is 1. The van der Waals surface area contributed by atoms with E-state index in [1.54, 1.807) is 0 Å². The summed E-state index contributed by atoms with van der Waals surface area (Å²) in [5.41, 5.74) is 5.51. The maximum absolute atomic E-state index is 6.99. The maximum atomic E-state index is 6.99. The molecule has 4 heavy (non-hydrogen) atoms. The Hall–Kier alpha value is -0.216. The summed E-state index contributed by atoms with van der Waals surface area (Å²) < 4.78 is 0. The van der Waals surface area contributed by atoms with Gasteiger partial charge >= 0.3 is 0 Å². The number of nitrogens with one attached hydrogen (secondary N) is 1. The van der Waals surface area contributed by atoms with Crippen molar-refractivity contribution in [3.8, 4) is 6.19 Å². The first-order valence-electron chi connectivity index (χ1n) is 0.474. The van der Waals surface area contributed by atoms with Gasteiger partial charge in [0.25, 0.3) is 0 Å². The molecule has 2 nitrogen and oxygen atoms in total. The summed E-state index contributed by atoms with van der Waals surface area (Å²) in [6.45, 7) is 0. The Kier molecular flexibility index (Phi) is 33.2. The van der Waals surface area contributed by atoms with Crippen LogP contribution in [0.5, 0.6) is 0 Å². The monoisotopic (exact) mass is 98.9 g/mol. The number of hydrogen-bond donors (Lipinski definition) is 0. The Morgan fingerprint density at radius 1 is 1.75 bits per heavy atom. The van der Waals surface area contributed by atoms with Crippen molar-refractivity contribution in [1.29, 1.82) is 5.26 Å². The number of nitrogens with zero attached hydrogens (tertiary/aromatic N) is 1. The van der Waals surface area contributed by atoms with Crippen LogP contribution in [0.4, 0.5) is 0 Å². The van der Waals surface area contributed by atoms with E-state index in [0.717, 1.165) is 6.19 Å². The molecule has 0 unspecified atom stereocenters. The first-order chi connectivity index (χ1) is 1.41. The maximum Gasteiger partial charge on any atom is 0 e. The molecule has 0 aliphatic rings. The van der Waals surface area contributed by atoms with E-state index in [1.165, 1.54) is 0 Å². The minimum atomic E-state index is 0. The van der Waals surface area contributed by atoms with Crippen molar-refractivity contribution in [2.24, 2.45) is 0 Å². The van der Waals surface area contributed by atoms with E-state index < -0.39 is 0 Å². The Morgan fingerprint density at radius 2 is 1.75 bits per heavy atom. The van der Waals surface area contributed by atoms with Crippen molar-refractivity contribution >= 4 is 0 Å². The van der Waals surface area contributed by atoms with E-state index in [9.17, 15) is 0 Å². The summed E-state index contributed by atoms with van der Waals surface area (Å²) in [5.74, 6) is 0. The average molecular weight is 99.7 g/mol. The van der Waals surface area contributed by atoms with Crippen LogP contribution in [0.2, 0.25) is 0 Å². The normalized spacial score (nSPS) is 1.75. The minimum Gasteiger partial charge on any atom is -0.494 e. The SMILES string of the molecule is N#C[NH-].[Ni]. The molecule has 0 saturated heterocycles. The van der Waals surface area contributed by atoms with E-state index in [-0.39, 0.29) is 16.5 Å². The zero-order chi connectivity index (χ0) is 2.71. The molecule has 3 heteroatoms. The van der Waals surface area contributed by atoms with Crippen LogP contribution in [0.1, 0.15) is 0 Å². The predicted molar refractivity (Wildman–Crippen MR) is 9.93 cm³/mol. The molecule has 26 valence electrons. The van der Waals surface area contributed by atoms with Crippen molar-refractivity contribution in [1.82, 2.24) is 0 Å². The molecule has 0 radical (unpaired) electrons. The molecule has 0 aromatic heterocycles. The third kappa shape index (κ3) is 23.4. The molecule has 0 aliphatic carbocycles. The fourth-order valence-corrected chi connectivity index (χ4v) is 0. The Bertz CT molecular complexity index is 27.5. The molecule has 0 aromatic carbocycles. The van der Waals surface area contributed by atoms with Crippen molar-refractivity contribution in [3.63, 3.8) is 0 Å². The van der Waals surface area contributed by atoms with Crippen molar-refractivity contribution in [2.45, 2.75) is 0 Å². The summed E-state index contributed by atoms with van der Waals surface area (Å²) in [7, 11) is 0. The first kappa shape index (κ1) is 9.22. The van der Waals surface area contributed by atoms with Gasteiger partial charge in [-0.25, -0.2) is 0 Å². The minimum absolute atomic E-state index is 0. The zero-order valence-corrected chi connectivity index (χ0v) is 2.75. The van der Waals surface area contributed by atoms with E-state index in [2.05, 4.69) is 0 Å². The third-order valence-electron chi connectivity index (χ3n) is 0. The van der Waals surface area contributed by atoms with Crippen LogP contribution in [0, 0.1) is 11.5 Å². The van der Waals surface area contributed by atoms with Crippen molar-refractivity contribution in [3.05, 3.63) is 5.73 Å². The quantitative estimate of drug-likeness (QED) is 0.323. The van der Waals surface area contributed by atoms with E-state index in [1.807, 2.05) is 0 Å². The van der Waals surface area contributed by atoms with E-state index >= 15 is 0 Å². The second-order valence-electron chi connectivity index (χ2n) is 0.112. The van der Waals surface area contributed by atoms with Crippen LogP contribution < -0.4 is 0 Å². The fraction of sp³-hybridized carbons (Fsp3) is 0. The van der Waals surface area contributed by atoms with Gasteiger partial charge < -0.3 is 11.0 Å². The molecule has 0 aliphatic heterocycles. The molecule has 0 heterocycles. The molecule has 1 N–H and O–H groups in total. The van der Waals surface area contributed by atoms with Crippen LogP contribution in [0.3, 0.4) is 0 Å². The van der Waals surface area contributed by atoms with E-state index in [0.29, 0.717) is 0 Å². The second kappa shape index (κ2) is 14.4. The molecule has 0 amide bonds. The van der Waals surface area contributed by atoms with Crippen LogP contribution >= 0.6 is 0 Å². The standard InChI is InChI=1S/CHN2.Ni/c2-1-3;/h2H;/q-1;. The number of nitriles is 1. The molecule has 0 saturated carbocycles. The topological polar surface area (TPSA) is 47.6 Å². The van der Waals surface area contributed by atoms with Gasteiger partial charge in [-0.1, -0.05) is 6.19 Å². The average Bonchev–Trinajstić information content (AvgIpc) is 0.918. The zero-order valence-electron chi connectivity index (χ0n) is 1.76. The van der Waals surface area contributed by atoms with E-state index in [4.69, 9.17) is 11.0 Å². The van der Waals surface area contributed by atoms with Crippen LogP contribution in [-0.2, 0) is 16.5 Å².